The van der Waals surface area contributed by atoms with E-state index in [9.17, 15) is 4.79 Å². The summed E-state index contributed by atoms with van der Waals surface area (Å²) in [6, 6.07) is 0. The molecule has 4 nitrogen and oxygen atoms in total. The van der Waals surface area contributed by atoms with E-state index in [0.717, 1.165) is 42.8 Å². The lowest BCUT2D eigenvalue weighted by Crippen LogP contribution is -2.37. The number of hydrogen-bond donors (Lipinski definition) is 0. The van der Waals surface area contributed by atoms with Gasteiger partial charge in [0.2, 0.25) is 5.91 Å². The van der Waals surface area contributed by atoms with Gasteiger partial charge in [0.05, 0.1) is 17.9 Å². The molecule has 0 spiro atoms. The molecule has 86 valence electrons. The molecule has 1 aliphatic heterocycles. The molecule has 0 atom stereocenters. The van der Waals surface area contributed by atoms with Crippen LogP contribution in [-0.4, -0.2) is 26.9 Å². The molecule has 2 heterocycles. The van der Waals surface area contributed by atoms with Crippen molar-refractivity contribution >= 4 is 21.8 Å². The first-order valence-electron chi connectivity index (χ1n) is 5.65. The van der Waals surface area contributed by atoms with Crippen LogP contribution in [0.25, 0.3) is 0 Å². The third kappa shape index (κ3) is 1.57. The summed E-state index contributed by atoms with van der Waals surface area (Å²) in [4.78, 5) is 18.4. The Kier molecular flexibility index (Phi) is 2.31. The SMILES string of the molecule is Cn1c(Br)nc2c1CN(C(=O)C1CC1)CC2. The van der Waals surface area contributed by atoms with Crippen molar-refractivity contribution in [1.82, 2.24) is 14.5 Å². The highest BCUT2D eigenvalue weighted by Gasteiger charge is 2.35. The Morgan fingerprint density at radius 3 is 2.94 bits per heavy atom. The van der Waals surface area contributed by atoms with Crippen molar-refractivity contribution < 1.29 is 4.79 Å². The number of halogens is 1. The molecule has 2 aliphatic rings. The molecule has 1 amide bonds. The van der Waals surface area contributed by atoms with Gasteiger partial charge in [-0.05, 0) is 28.8 Å². The van der Waals surface area contributed by atoms with Gasteiger partial charge in [0.15, 0.2) is 4.73 Å². The van der Waals surface area contributed by atoms with Gasteiger partial charge in [-0.25, -0.2) is 4.98 Å². The Morgan fingerprint density at radius 1 is 1.50 bits per heavy atom. The minimum Gasteiger partial charge on any atom is -0.336 e. The van der Waals surface area contributed by atoms with E-state index in [1.807, 2.05) is 16.5 Å². The first-order valence-corrected chi connectivity index (χ1v) is 6.45. The maximum absolute atomic E-state index is 12.0. The lowest BCUT2D eigenvalue weighted by molar-refractivity contribution is -0.133. The summed E-state index contributed by atoms with van der Waals surface area (Å²) in [5.41, 5.74) is 2.31. The predicted molar refractivity (Wildman–Crippen MR) is 62.8 cm³/mol. The van der Waals surface area contributed by atoms with Crippen LogP contribution in [0.3, 0.4) is 0 Å². The maximum atomic E-state index is 12.0. The second-order valence-corrected chi connectivity index (χ2v) is 5.33. The number of amides is 1. The van der Waals surface area contributed by atoms with E-state index in [0.29, 0.717) is 11.8 Å². The lowest BCUT2D eigenvalue weighted by atomic mass is 10.1. The van der Waals surface area contributed by atoms with Crippen LogP contribution in [0.5, 0.6) is 0 Å². The topological polar surface area (TPSA) is 38.1 Å². The molecular weight excluding hydrogens is 270 g/mol. The summed E-state index contributed by atoms with van der Waals surface area (Å²) < 4.78 is 2.89. The Labute approximate surface area is 103 Å². The van der Waals surface area contributed by atoms with E-state index in [-0.39, 0.29) is 0 Å². The van der Waals surface area contributed by atoms with Crippen LogP contribution >= 0.6 is 15.9 Å². The van der Waals surface area contributed by atoms with Gasteiger partial charge in [-0.15, -0.1) is 0 Å². The standard InChI is InChI=1S/C11H14BrN3O/c1-14-9-6-15(10(16)7-2-3-7)5-4-8(9)13-11(14)12/h7H,2-6H2,1H3. The number of imidazole rings is 1. The van der Waals surface area contributed by atoms with Crippen molar-refractivity contribution in [3.8, 4) is 0 Å². The van der Waals surface area contributed by atoms with Gasteiger partial charge in [0, 0.05) is 25.9 Å². The minimum atomic E-state index is 0.318. The Morgan fingerprint density at radius 2 is 2.25 bits per heavy atom. The van der Waals surface area contributed by atoms with Crippen LogP contribution in [0.4, 0.5) is 0 Å². The average Bonchev–Trinajstić information content (AvgIpc) is 3.07. The van der Waals surface area contributed by atoms with E-state index in [2.05, 4.69) is 20.9 Å². The fourth-order valence-electron chi connectivity index (χ4n) is 2.23. The first-order chi connectivity index (χ1) is 7.66. The maximum Gasteiger partial charge on any atom is 0.226 e. The number of nitrogens with zero attached hydrogens (tertiary/aromatic N) is 3. The molecule has 5 heteroatoms. The molecule has 1 saturated carbocycles. The molecule has 0 saturated heterocycles. The second kappa shape index (κ2) is 3.58. The largest absolute Gasteiger partial charge is 0.336 e. The van der Waals surface area contributed by atoms with E-state index >= 15 is 0 Å². The van der Waals surface area contributed by atoms with E-state index in [1.54, 1.807) is 0 Å². The van der Waals surface area contributed by atoms with Crippen LogP contribution in [0.1, 0.15) is 24.2 Å². The molecule has 0 radical (unpaired) electrons. The monoisotopic (exact) mass is 283 g/mol. The summed E-state index contributed by atoms with van der Waals surface area (Å²) in [6.07, 6.45) is 3.04. The summed E-state index contributed by atoms with van der Waals surface area (Å²) in [5, 5.41) is 0. The van der Waals surface area contributed by atoms with Gasteiger partial charge < -0.3 is 9.47 Å². The van der Waals surface area contributed by atoms with Crippen LogP contribution < -0.4 is 0 Å². The fraction of sp³-hybridized carbons (Fsp3) is 0.636. The second-order valence-electron chi connectivity index (χ2n) is 4.62. The molecule has 1 aliphatic carbocycles. The van der Waals surface area contributed by atoms with Gasteiger partial charge in [-0.1, -0.05) is 0 Å². The normalized spacial score (nSPS) is 19.8. The third-order valence-corrected chi connectivity index (χ3v) is 4.15. The Balaban J connectivity index is 1.84. The number of carbonyl (C=O) groups excluding carboxylic acids is 1. The number of rotatable bonds is 1. The molecule has 0 N–H and O–H groups in total. The number of fused-ring (bicyclic) bond motifs is 1. The van der Waals surface area contributed by atoms with Crippen molar-refractivity contribution in [3.63, 3.8) is 0 Å². The zero-order chi connectivity index (χ0) is 11.3. The van der Waals surface area contributed by atoms with Gasteiger partial charge in [-0.2, -0.15) is 0 Å². The highest BCUT2D eigenvalue weighted by atomic mass is 79.9. The molecule has 1 aromatic heterocycles. The molecule has 0 bridgehead atoms. The van der Waals surface area contributed by atoms with E-state index in [4.69, 9.17) is 0 Å². The van der Waals surface area contributed by atoms with Crippen LogP contribution in [0.15, 0.2) is 4.73 Å². The zero-order valence-electron chi connectivity index (χ0n) is 9.24. The quantitative estimate of drug-likeness (QED) is 0.783. The van der Waals surface area contributed by atoms with E-state index < -0.39 is 0 Å². The summed E-state index contributed by atoms with van der Waals surface area (Å²) in [5.74, 6) is 0.654. The molecular formula is C11H14BrN3O. The highest BCUT2D eigenvalue weighted by Crippen LogP contribution is 2.33. The van der Waals surface area contributed by atoms with Gasteiger partial charge in [-0.3, -0.25) is 4.79 Å². The summed E-state index contributed by atoms with van der Waals surface area (Å²) >= 11 is 3.42. The van der Waals surface area contributed by atoms with E-state index in [1.165, 1.54) is 5.69 Å². The van der Waals surface area contributed by atoms with Crippen molar-refractivity contribution in [2.75, 3.05) is 6.54 Å². The fourth-order valence-corrected chi connectivity index (χ4v) is 2.66. The molecule has 0 aromatic carbocycles. The van der Waals surface area contributed by atoms with Gasteiger partial charge >= 0.3 is 0 Å². The third-order valence-electron chi connectivity index (χ3n) is 3.44. The highest BCUT2D eigenvalue weighted by molar-refractivity contribution is 9.10. The Bertz CT molecular complexity index is 450. The number of hydrogen-bond acceptors (Lipinski definition) is 2. The summed E-state index contributed by atoms with van der Waals surface area (Å²) in [7, 11) is 1.99. The molecule has 3 rings (SSSR count). The van der Waals surface area contributed by atoms with Crippen LogP contribution in [0, 0.1) is 5.92 Å². The first kappa shape index (κ1) is 10.3. The molecule has 1 aromatic rings. The molecule has 1 fully saturated rings. The molecule has 16 heavy (non-hydrogen) atoms. The van der Waals surface area contributed by atoms with Gasteiger partial charge in [0.1, 0.15) is 0 Å². The zero-order valence-corrected chi connectivity index (χ0v) is 10.8. The van der Waals surface area contributed by atoms with Crippen molar-refractivity contribution in [2.24, 2.45) is 13.0 Å². The Hall–Kier alpha value is -0.840. The molecule has 0 unspecified atom stereocenters. The average molecular weight is 284 g/mol. The minimum absolute atomic E-state index is 0.318. The van der Waals surface area contributed by atoms with Crippen LogP contribution in [-0.2, 0) is 24.8 Å². The van der Waals surface area contributed by atoms with Gasteiger partial charge in [0.25, 0.3) is 0 Å². The van der Waals surface area contributed by atoms with Crippen molar-refractivity contribution in [3.05, 3.63) is 16.1 Å². The van der Waals surface area contributed by atoms with Crippen molar-refractivity contribution in [2.45, 2.75) is 25.8 Å². The predicted octanol–water partition coefficient (Wildman–Crippen LogP) is 1.48. The number of aromatic nitrogens is 2. The lowest BCUT2D eigenvalue weighted by Gasteiger charge is -2.27. The smallest absolute Gasteiger partial charge is 0.226 e. The number of carbonyl (C=O) groups is 1. The van der Waals surface area contributed by atoms with Crippen molar-refractivity contribution in [1.29, 1.82) is 0 Å². The van der Waals surface area contributed by atoms with Crippen LogP contribution in [0.2, 0.25) is 0 Å². The summed E-state index contributed by atoms with van der Waals surface area (Å²) in [6.45, 7) is 1.55.